The van der Waals surface area contributed by atoms with Crippen LogP contribution in [0.15, 0.2) is 36.5 Å². The third kappa shape index (κ3) is 6.12. The van der Waals surface area contributed by atoms with Crippen LogP contribution in [0.2, 0.25) is 0 Å². The van der Waals surface area contributed by atoms with Gasteiger partial charge in [-0.3, -0.25) is 14.5 Å². The molecule has 0 aliphatic carbocycles. The number of carbonyl (C=O) groups is 2. The van der Waals surface area contributed by atoms with E-state index in [1.807, 2.05) is 4.90 Å². The minimum Gasteiger partial charge on any atom is -0.369 e. The minimum atomic E-state index is -4.33. The van der Waals surface area contributed by atoms with Crippen LogP contribution in [-0.2, 0) is 13.2 Å². The number of rotatable bonds is 8. The number of hydrogen-bond acceptors (Lipinski definition) is 4. The Labute approximate surface area is 186 Å². The summed E-state index contributed by atoms with van der Waals surface area (Å²) < 4.78 is 40.4. The van der Waals surface area contributed by atoms with Crippen LogP contribution in [0.5, 0.6) is 0 Å². The van der Waals surface area contributed by atoms with Crippen molar-refractivity contribution in [1.29, 1.82) is 0 Å². The quantitative estimate of drug-likeness (QED) is 0.494. The molecule has 1 amide bonds. The first kappa shape index (κ1) is 23.8. The largest absolute Gasteiger partial charge is 0.416 e. The van der Waals surface area contributed by atoms with Crippen molar-refractivity contribution in [2.45, 2.75) is 25.9 Å². The van der Waals surface area contributed by atoms with Crippen molar-refractivity contribution in [1.82, 2.24) is 14.8 Å². The summed E-state index contributed by atoms with van der Waals surface area (Å²) in [4.78, 5) is 28.0. The number of Topliss-reactive ketones (excluding diaryl/α,β-unsaturated/α-hetero) is 1. The SMILES string of the molecule is CC(=O)c1cc(C(=O)NCCCCN2CCN(c3cccc(C(F)(F)F)c3)CC2)n(C)c1. The van der Waals surface area contributed by atoms with Crippen molar-refractivity contribution in [3.05, 3.63) is 53.3 Å². The Morgan fingerprint density at radius 1 is 1.06 bits per heavy atom. The zero-order valence-electron chi connectivity index (χ0n) is 18.4. The Hall–Kier alpha value is -2.81. The molecular weight excluding hydrogens is 421 g/mol. The number of nitrogens with one attached hydrogen (secondary N) is 1. The van der Waals surface area contributed by atoms with E-state index in [1.54, 1.807) is 29.9 Å². The van der Waals surface area contributed by atoms with E-state index in [2.05, 4.69) is 10.2 Å². The van der Waals surface area contributed by atoms with Crippen LogP contribution in [0, 0.1) is 0 Å². The van der Waals surface area contributed by atoms with E-state index in [0.717, 1.165) is 38.5 Å². The van der Waals surface area contributed by atoms with E-state index in [9.17, 15) is 22.8 Å². The molecule has 6 nitrogen and oxygen atoms in total. The van der Waals surface area contributed by atoms with Gasteiger partial charge in [-0.1, -0.05) is 6.07 Å². The number of ketones is 1. The van der Waals surface area contributed by atoms with Crippen molar-refractivity contribution < 1.29 is 22.8 Å². The summed E-state index contributed by atoms with van der Waals surface area (Å²) in [5, 5.41) is 2.89. The number of amides is 1. The van der Waals surface area contributed by atoms with Crippen LogP contribution in [0.1, 0.15) is 46.2 Å². The average molecular weight is 451 g/mol. The molecule has 1 fully saturated rings. The molecule has 32 heavy (non-hydrogen) atoms. The van der Waals surface area contributed by atoms with Gasteiger partial charge in [-0.25, -0.2) is 0 Å². The number of anilines is 1. The molecule has 0 atom stereocenters. The lowest BCUT2D eigenvalue weighted by Gasteiger charge is -2.36. The maximum absolute atomic E-state index is 12.9. The molecule has 0 bridgehead atoms. The molecule has 0 radical (unpaired) electrons. The normalized spacial score (nSPS) is 15.1. The highest BCUT2D eigenvalue weighted by Gasteiger charge is 2.31. The molecule has 0 unspecified atom stereocenters. The number of aryl methyl sites for hydroxylation is 1. The standard InChI is InChI=1S/C23H29F3N4O2/c1-17(31)18-14-21(28(2)16-18)22(32)27-8-3-4-9-29-10-12-30(13-11-29)20-7-5-6-19(15-20)23(24,25)26/h5-7,14-16H,3-4,8-13H2,1-2H3,(H,27,32). The Balaban J connectivity index is 1.36. The summed E-state index contributed by atoms with van der Waals surface area (Å²) in [6, 6.07) is 7.08. The number of unbranched alkanes of at least 4 members (excludes halogenated alkanes) is 1. The highest BCUT2D eigenvalue weighted by molar-refractivity contribution is 5.99. The molecule has 2 aromatic rings. The second-order valence-electron chi connectivity index (χ2n) is 8.12. The van der Waals surface area contributed by atoms with Crippen molar-refractivity contribution in [3.8, 4) is 0 Å². The lowest BCUT2D eigenvalue weighted by atomic mass is 10.1. The van der Waals surface area contributed by atoms with Crippen LogP contribution in [-0.4, -0.2) is 60.4 Å². The Morgan fingerprint density at radius 3 is 2.41 bits per heavy atom. The van der Waals surface area contributed by atoms with Crippen LogP contribution < -0.4 is 10.2 Å². The molecule has 1 N–H and O–H groups in total. The van der Waals surface area contributed by atoms with E-state index in [0.29, 0.717) is 36.6 Å². The maximum Gasteiger partial charge on any atom is 0.416 e. The highest BCUT2D eigenvalue weighted by Crippen LogP contribution is 2.31. The Morgan fingerprint density at radius 2 is 1.78 bits per heavy atom. The van der Waals surface area contributed by atoms with Crippen molar-refractivity contribution in [3.63, 3.8) is 0 Å². The molecule has 0 spiro atoms. The lowest BCUT2D eigenvalue weighted by Crippen LogP contribution is -2.46. The van der Waals surface area contributed by atoms with Crippen LogP contribution in [0.3, 0.4) is 0 Å². The van der Waals surface area contributed by atoms with Gasteiger partial charge < -0.3 is 14.8 Å². The number of aromatic nitrogens is 1. The highest BCUT2D eigenvalue weighted by atomic mass is 19.4. The summed E-state index contributed by atoms with van der Waals surface area (Å²) in [6.45, 7) is 5.85. The molecule has 1 saturated heterocycles. The maximum atomic E-state index is 12.9. The predicted octanol–water partition coefficient (Wildman–Crippen LogP) is 3.58. The molecule has 174 valence electrons. The number of halogens is 3. The van der Waals surface area contributed by atoms with Gasteiger partial charge >= 0.3 is 6.18 Å². The summed E-state index contributed by atoms with van der Waals surface area (Å²) in [6.07, 6.45) is -0.946. The average Bonchev–Trinajstić information content (AvgIpc) is 3.15. The Bertz CT molecular complexity index is 947. The van der Waals surface area contributed by atoms with Gasteiger partial charge in [0.15, 0.2) is 5.78 Å². The second-order valence-corrected chi connectivity index (χ2v) is 8.12. The Kier molecular flexibility index (Phi) is 7.60. The van der Waals surface area contributed by atoms with Gasteiger partial charge in [-0.05, 0) is 50.6 Å². The first-order valence-corrected chi connectivity index (χ1v) is 10.7. The fourth-order valence-corrected chi connectivity index (χ4v) is 3.84. The number of benzene rings is 1. The third-order valence-electron chi connectivity index (χ3n) is 5.74. The van der Waals surface area contributed by atoms with Gasteiger partial charge in [0.25, 0.3) is 5.91 Å². The van der Waals surface area contributed by atoms with Gasteiger partial charge in [-0.15, -0.1) is 0 Å². The number of carbonyl (C=O) groups excluding carboxylic acids is 2. The van der Waals surface area contributed by atoms with Crippen LogP contribution >= 0.6 is 0 Å². The number of nitrogens with zero attached hydrogens (tertiary/aromatic N) is 3. The fraction of sp³-hybridized carbons (Fsp3) is 0.478. The number of alkyl halides is 3. The van der Waals surface area contributed by atoms with E-state index in [1.165, 1.54) is 19.1 Å². The summed E-state index contributed by atoms with van der Waals surface area (Å²) in [5.74, 6) is -0.275. The summed E-state index contributed by atoms with van der Waals surface area (Å²) in [7, 11) is 1.74. The van der Waals surface area contributed by atoms with Crippen LogP contribution in [0.25, 0.3) is 0 Å². The van der Waals surface area contributed by atoms with Gasteiger partial charge in [0.1, 0.15) is 5.69 Å². The molecule has 1 aromatic heterocycles. The summed E-state index contributed by atoms with van der Waals surface area (Å²) >= 11 is 0. The zero-order chi connectivity index (χ0) is 23.3. The molecule has 3 rings (SSSR count). The number of hydrogen-bond donors (Lipinski definition) is 1. The smallest absolute Gasteiger partial charge is 0.369 e. The molecule has 1 aliphatic heterocycles. The van der Waals surface area contributed by atoms with Crippen LogP contribution in [0.4, 0.5) is 18.9 Å². The fourth-order valence-electron chi connectivity index (χ4n) is 3.84. The third-order valence-corrected chi connectivity index (χ3v) is 5.74. The summed E-state index contributed by atoms with van der Waals surface area (Å²) in [5.41, 5.74) is 0.964. The van der Waals surface area contributed by atoms with Gasteiger partial charge in [0, 0.05) is 57.2 Å². The van der Waals surface area contributed by atoms with E-state index < -0.39 is 11.7 Å². The first-order valence-electron chi connectivity index (χ1n) is 10.7. The van der Waals surface area contributed by atoms with Gasteiger partial charge in [0.05, 0.1) is 5.56 Å². The second kappa shape index (κ2) is 10.2. The van der Waals surface area contributed by atoms with E-state index in [4.69, 9.17) is 0 Å². The zero-order valence-corrected chi connectivity index (χ0v) is 18.4. The van der Waals surface area contributed by atoms with Gasteiger partial charge in [0.2, 0.25) is 0 Å². The number of piperazine rings is 1. The van der Waals surface area contributed by atoms with Crippen molar-refractivity contribution in [2.24, 2.45) is 7.05 Å². The van der Waals surface area contributed by atoms with E-state index >= 15 is 0 Å². The first-order chi connectivity index (χ1) is 15.1. The molecular formula is C23H29F3N4O2. The topological polar surface area (TPSA) is 57.6 Å². The van der Waals surface area contributed by atoms with Gasteiger partial charge in [-0.2, -0.15) is 13.2 Å². The van der Waals surface area contributed by atoms with Crippen molar-refractivity contribution >= 4 is 17.4 Å². The molecule has 1 aliphatic rings. The minimum absolute atomic E-state index is 0.0761. The molecule has 2 heterocycles. The van der Waals surface area contributed by atoms with E-state index in [-0.39, 0.29) is 11.7 Å². The molecule has 9 heteroatoms. The predicted molar refractivity (Wildman–Crippen MR) is 117 cm³/mol. The monoisotopic (exact) mass is 450 g/mol. The van der Waals surface area contributed by atoms with Crippen molar-refractivity contribution in [2.75, 3.05) is 44.2 Å². The molecule has 0 saturated carbocycles. The molecule has 1 aromatic carbocycles. The lowest BCUT2D eigenvalue weighted by molar-refractivity contribution is -0.137.